The SMILES string of the molecule is CC(C)Oc1ccc(-c2nc(O[C@@H]3C[C@@H](C(=O)NCC(=O)NS(=O)(=O)C4(C)CC4)N(C(=O)[C@H](CCCCCC=C4CCCC4)NC(=O)OC4CCCC4)C3)c3oc4ccccc4c3n2)cc1. The molecule has 3 N–H and O–H groups in total. The summed E-state index contributed by atoms with van der Waals surface area (Å²) in [4.78, 5) is 66.4. The standard InChI is InChI=1S/C49H62N6O10S/c1-31(2)62-35-24-22-33(23-25-35)44-52-42-37-19-12-13-21-40(37)65-43(42)46(53-44)63-36-28-39(45(57)50-29-41(56)54-66(60,61)49(3)26-27-49)55(30-36)47(58)38(51-48(59)64-34-17-10-11-18-34)20-7-5-4-6-14-32-15-8-9-16-32/h12-14,19,21-25,31,34,36,38-39H,4-11,15-18,20,26-30H2,1-3H3,(H,50,57)(H,51,59)(H,54,56)/t36-,38+,39+/m1/s1. The van der Waals surface area contributed by atoms with Crippen molar-refractivity contribution in [2.45, 2.75) is 159 Å². The van der Waals surface area contributed by atoms with Crippen molar-refractivity contribution in [3.05, 3.63) is 60.2 Å². The van der Waals surface area contributed by atoms with Crippen molar-refractivity contribution in [2.75, 3.05) is 13.1 Å². The third-order valence-electron chi connectivity index (χ3n) is 13.1. The summed E-state index contributed by atoms with van der Waals surface area (Å²) in [7, 11) is -3.95. The highest BCUT2D eigenvalue weighted by Crippen LogP contribution is 2.42. The second-order valence-corrected chi connectivity index (χ2v) is 20.9. The summed E-state index contributed by atoms with van der Waals surface area (Å²) in [5, 5.41) is 6.15. The molecule has 3 atom stereocenters. The number of unbranched alkanes of at least 4 members (excludes halogenated alkanes) is 3. The maximum absolute atomic E-state index is 14.8. The van der Waals surface area contributed by atoms with E-state index < -0.39 is 63.3 Å². The summed E-state index contributed by atoms with van der Waals surface area (Å²) in [6.45, 7) is 4.73. The van der Waals surface area contributed by atoms with Gasteiger partial charge in [-0.1, -0.05) is 36.6 Å². The second kappa shape index (κ2) is 20.4. The topological polar surface area (TPSA) is 208 Å². The Labute approximate surface area is 386 Å². The number of fused-ring (bicyclic) bond motifs is 3. The van der Waals surface area contributed by atoms with Crippen LogP contribution in [0.15, 0.2) is 64.6 Å². The average Bonchev–Trinajstić information content (AvgIpc) is 3.82. The largest absolute Gasteiger partial charge is 0.491 e. The number of benzene rings is 2. The summed E-state index contributed by atoms with van der Waals surface area (Å²) >= 11 is 0. The highest BCUT2D eigenvalue weighted by molar-refractivity contribution is 7.91. The first-order valence-electron chi connectivity index (χ1n) is 23.7. The van der Waals surface area contributed by atoms with Gasteiger partial charge in [0.25, 0.3) is 11.8 Å². The number of nitrogens with one attached hydrogen (secondary N) is 3. The molecule has 1 saturated heterocycles. The van der Waals surface area contributed by atoms with E-state index in [1.807, 2.05) is 62.4 Å². The summed E-state index contributed by atoms with van der Waals surface area (Å²) in [6, 6.07) is 12.6. The van der Waals surface area contributed by atoms with Crippen molar-refractivity contribution in [1.29, 1.82) is 0 Å². The molecule has 0 radical (unpaired) electrons. The molecule has 4 aromatic rings. The van der Waals surface area contributed by atoms with E-state index in [0.717, 1.165) is 63.2 Å². The van der Waals surface area contributed by atoms with E-state index in [4.69, 9.17) is 28.6 Å². The van der Waals surface area contributed by atoms with Gasteiger partial charge in [0.05, 0.1) is 23.9 Å². The molecule has 1 aliphatic heterocycles. The predicted molar refractivity (Wildman–Crippen MR) is 248 cm³/mol. The molecule has 16 nitrogen and oxygen atoms in total. The third-order valence-corrected chi connectivity index (χ3v) is 15.3. The van der Waals surface area contributed by atoms with E-state index in [-0.39, 0.29) is 36.6 Å². The summed E-state index contributed by atoms with van der Waals surface area (Å²) in [5.41, 5.74) is 3.56. The van der Waals surface area contributed by atoms with Crippen LogP contribution in [0.5, 0.6) is 11.6 Å². The summed E-state index contributed by atoms with van der Waals surface area (Å²) in [6.07, 6.45) is 13.3. The zero-order chi connectivity index (χ0) is 46.4. The van der Waals surface area contributed by atoms with Crippen molar-refractivity contribution >= 4 is 55.9 Å². The van der Waals surface area contributed by atoms with Crippen LogP contribution in [0, 0.1) is 0 Å². The number of likely N-dealkylation sites (tertiary alicyclic amines) is 1. The number of rotatable bonds is 19. The lowest BCUT2D eigenvalue weighted by Gasteiger charge is -2.28. The number of alkyl carbamates (subject to hydrolysis) is 1. The predicted octanol–water partition coefficient (Wildman–Crippen LogP) is 7.78. The van der Waals surface area contributed by atoms with E-state index in [1.165, 1.54) is 23.3 Å². The number of allylic oxidation sites excluding steroid dienone is 2. The van der Waals surface area contributed by atoms with Crippen LogP contribution in [0.1, 0.15) is 124 Å². The fourth-order valence-electron chi connectivity index (χ4n) is 9.10. The first-order valence-corrected chi connectivity index (χ1v) is 25.1. The molecule has 0 unspecified atom stereocenters. The Morgan fingerprint density at radius 3 is 2.41 bits per heavy atom. The van der Waals surface area contributed by atoms with Crippen LogP contribution < -0.4 is 24.8 Å². The lowest BCUT2D eigenvalue weighted by Crippen LogP contribution is -2.54. The van der Waals surface area contributed by atoms with E-state index >= 15 is 0 Å². The number of furan rings is 1. The van der Waals surface area contributed by atoms with Crippen LogP contribution in [0.4, 0.5) is 4.79 Å². The maximum atomic E-state index is 14.8. The number of hydrogen-bond donors (Lipinski definition) is 3. The number of sulfonamides is 1. The smallest absolute Gasteiger partial charge is 0.408 e. The summed E-state index contributed by atoms with van der Waals surface area (Å²) < 4.78 is 51.2. The molecule has 4 fully saturated rings. The van der Waals surface area contributed by atoms with Gasteiger partial charge in [0.2, 0.25) is 27.4 Å². The number of carbonyl (C=O) groups excluding carboxylic acids is 4. The fourth-order valence-corrected chi connectivity index (χ4v) is 10.4. The quantitative estimate of drug-likeness (QED) is 0.0609. The van der Waals surface area contributed by atoms with Gasteiger partial charge in [0, 0.05) is 17.4 Å². The minimum atomic E-state index is -3.95. The minimum Gasteiger partial charge on any atom is -0.491 e. The first-order chi connectivity index (χ1) is 31.7. The Hall–Kier alpha value is -5.71. The van der Waals surface area contributed by atoms with Crippen molar-refractivity contribution in [3.63, 3.8) is 0 Å². The molecule has 0 bridgehead atoms. The van der Waals surface area contributed by atoms with Crippen LogP contribution in [0.25, 0.3) is 33.5 Å². The molecule has 66 heavy (non-hydrogen) atoms. The Balaban J connectivity index is 1.05. The van der Waals surface area contributed by atoms with E-state index in [9.17, 15) is 27.6 Å². The fraction of sp³-hybridized carbons (Fsp3) is 0.551. The van der Waals surface area contributed by atoms with Gasteiger partial charge >= 0.3 is 6.09 Å². The maximum Gasteiger partial charge on any atom is 0.408 e. The third kappa shape index (κ3) is 11.3. The van der Waals surface area contributed by atoms with Gasteiger partial charge in [-0.2, -0.15) is 4.98 Å². The molecule has 4 amide bonds. The van der Waals surface area contributed by atoms with Gasteiger partial charge in [-0.05, 0) is 141 Å². The van der Waals surface area contributed by atoms with Crippen LogP contribution in [0.3, 0.4) is 0 Å². The molecule has 3 aliphatic carbocycles. The minimum absolute atomic E-state index is 0.0143. The van der Waals surface area contributed by atoms with Gasteiger partial charge in [-0.25, -0.2) is 18.2 Å². The number of para-hydroxylation sites is 1. The highest BCUT2D eigenvalue weighted by atomic mass is 32.2. The molecule has 4 aliphatic rings. The van der Waals surface area contributed by atoms with Gasteiger partial charge in [-0.15, -0.1) is 0 Å². The Kier molecular flexibility index (Phi) is 14.5. The number of aromatic nitrogens is 2. The van der Waals surface area contributed by atoms with Gasteiger partial charge < -0.3 is 34.2 Å². The molecule has 3 heterocycles. The highest BCUT2D eigenvalue weighted by Gasteiger charge is 2.51. The number of hydrogen-bond acceptors (Lipinski definition) is 12. The lowest BCUT2D eigenvalue weighted by atomic mass is 10.0. The molecule has 2 aromatic heterocycles. The van der Waals surface area contributed by atoms with Crippen LogP contribution >= 0.6 is 0 Å². The monoisotopic (exact) mass is 926 g/mol. The zero-order valence-electron chi connectivity index (χ0n) is 38.1. The molecule has 3 saturated carbocycles. The molecule has 8 rings (SSSR count). The average molecular weight is 927 g/mol. The van der Waals surface area contributed by atoms with Crippen molar-refractivity contribution in [1.82, 2.24) is 30.2 Å². The number of nitrogens with zero attached hydrogens (tertiary/aromatic N) is 3. The molecular weight excluding hydrogens is 865 g/mol. The van der Waals surface area contributed by atoms with Gasteiger partial charge in [-0.3, -0.25) is 19.1 Å². The van der Waals surface area contributed by atoms with Crippen molar-refractivity contribution in [3.8, 4) is 23.0 Å². The van der Waals surface area contributed by atoms with Crippen LogP contribution in [-0.2, 0) is 29.1 Å². The van der Waals surface area contributed by atoms with Crippen LogP contribution in [-0.4, -0.2) is 95.3 Å². The van der Waals surface area contributed by atoms with Gasteiger partial charge in [0.15, 0.2) is 5.82 Å². The van der Waals surface area contributed by atoms with Crippen molar-refractivity contribution < 1.29 is 46.2 Å². The molecule has 354 valence electrons. The van der Waals surface area contributed by atoms with E-state index in [2.05, 4.69) is 21.4 Å². The Bertz CT molecular complexity index is 2540. The van der Waals surface area contributed by atoms with Gasteiger partial charge in [0.1, 0.15) is 41.1 Å². The number of amides is 4. The Morgan fingerprint density at radius 1 is 0.939 bits per heavy atom. The second-order valence-electron chi connectivity index (χ2n) is 18.7. The molecule has 17 heteroatoms. The zero-order valence-corrected chi connectivity index (χ0v) is 39.0. The molecule has 2 aromatic carbocycles. The number of ether oxygens (including phenoxy) is 3. The first kappa shape index (κ1) is 46.8. The number of carbonyl (C=O) groups is 4. The normalized spacial score (nSPS) is 19.8. The lowest BCUT2D eigenvalue weighted by molar-refractivity contribution is -0.140. The van der Waals surface area contributed by atoms with E-state index in [1.54, 1.807) is 6.92 Å². The van der Waals surface area contributed by atoms with E-state index in [0.29, 0.717) is 53.9 Å². The Morgan fingerprint density at radius 2 is 1.68 bits per heavy atom. The molecular formula is C49H62N6O10S. The van der Waals surface area contributed by atoms with Crippen LogP contribution in [0.2, 0.25) is 0 Å². The molecule has 0 spiro atoms. The van der Waals surface area contributed by atoms with Crippen molar-refractivity contribution in [2.24, 2.45) is 0 Å². The summed E-state index contributed by atoms with van der Waals surface area (Å²) in [5.74, 6) is -0.950.